The molecule has 4 amide bonds. The molecule has 5 aromatic carbocycles. The number of imide groups is 2. The van der Waals surface area contributed by atoms with Gasteiger partial charge in [0.2, 0.25) is 0 Å². The maximum Gasteiger partial charge on any atom is 0.333 e. The molecular formula is C46H50N2O6. The minimum absolute atomic E-state index is 0.132. The normalized spacial score (nSPS) is 14.2. The van der Waals surface area contributed by atoms with Gasteiger partial charge in [-0.05, 0) is 95.6 Å². The molecule has 54 heavy (non-hydrogen) atoms. The van der Waals surface area contributed by atoms with Gasteiger partial charge in [0, 0.05) is 51.2 Å². The summed E-state index contributed by atoms with van der Waals surface area (Å²) in [6, 6.07) is 15.1. The second-order valence-corrected chi connectivity index (χ2v) is 15.2. The smallest absolute Gasteiger partial charge is 0.333 e. The van der Waals surface area contributed by atoms with Crippen molar-refractivity contribution in [2.45, 2.75) is 110 Å². The van der Waals surface area contributed by atoms with Crippen LogP contribution in [0.2, 0.25) is 0 Å². The number of hydrogen-bond donors (Lipinski definition) is 0. The van der Waals surface area contributed by atoms with Crippen molar-refractivity contribution in [2.75, 3.05) is 13.2 Å². The largest absolute Gasteiger partial charge is 0.462 e. The average Bonchev–Trinajstić information content (AvgIpc) is 3.17. The number of esters is 1. The number of carbonyl (C=O) groups excluding carboxylic acids is 5. The fraction of sp³-hybridized carbons (Fsp3) is 0.413. The maximum absolute atomic E-state index is 14.4. The summed E-state index contributed by atoms with van der Waals surface area (Å²) in [6.07, 6.45) is 12.3. The summed E-state index contributed by atoms with van der Waals surface area (Å²) in [7, 11) is 0. The molecule has 0 fully saturated rings. The molecule has 0 bridgehead atoms. The zero-order valence-corrected chi connectivity index (χ0v) is 31.9. The Morgan fingerprint density at radius 1 is 0.574 bits per heavy atom. The van der Waals surface area contributed by atoms with E-state index in [1.807, 2.05) is 48.5 Å². The van der Waals surface area contributed by atoms with E-state index in [2.05, 4.69) is 20.4 Å². The van der Waals surface area contributed by atoms with Crippen LogP contribution in [0.4, 0.5) is 0 Å². The Hall–Kier alpha value is -5.11. The van der Waals surface area contributed by atoms with Crippen LogP contribution in [0, 0.1) is 0 Å². The number of hydrogen-bond acceptors (Lipinski definition) is 6. The molecule has 5 aromatic rings. The average molecular weight is 727 g/mol. The molecule has 0 spiro atoms. The van der Waals surface area contributed by atoms with Crippen molar-refractivity contribution in [2.24, 2.45) is 0 Å². The molecule has 8 nitrogen and oxygen atoms in total. The number of rotatable bonds is 18. The number of carbonyl (C=O) groups is 5. The van der Waals surface area contributed by atoms with Gasteiger partial charge in [-0.3, -0.25) is 29.0 Å². The second kappa shape index (κ2) is 15.7. The fourth-order valence-corrected chi connectivity index (χ4v) is 8.72. The lowest BCUT2D eigenvalue weighted by Gasteiger charge is -2.35. The van der Waals surface area contributed by atoms with E-state index in [1.165, 1.54) is 4.90 Å². The van der Waals surface area contributed by atoms with Crippen molar-refractivity contribution in [3.05, 3.63) is 82.9 Å². The van der Waals surface area contributed by atoms with Crippen LogP contribution < -0.4 is 0 Å². The molecule has 280 valence electrons. The topological polar surface area (TPSA) is 101 Å². The Kier molecular flexibility index (Phi) is 10.8. The Balaban J connectivity index is 1.23. The quantitative estimate of drug-likeness (QED) is 0.0222. The number of ether oxygens (including phenoxy) is 1. The predicted molar refractivity (Wildman–Crippen MR) is 214 cm³/mol. The van der Waals surface area contributed by atoms with Crippen LogP contribution in [0.1, 0.15) is 146 Å². The zero-order valence-electron chi connectivity index (χ0n) is 31.9. The van der Waals surface area contributed by atoms with E-state index in [4.69, 9.17) is 4.74 Å². The van der Waals surface area contributed by atoms with Crippen LogP contribution in [0.15, 0.2) is 60.7 Å². The van der Waals surface area contributed by atoms with Gasteiger partial charge < -0.3 is 4.74 Å². The third kappa shape index (κ3) is 6.43. The predicted octanol–water partition coefficient (Wildman–Crippen LogP) is 10.5. The van der Waals surface area contributed by atoms with Crippen molar-refractivity contribution >= 4 is 72.7 Å². The molecule has 2 aliphatic heterocycles. The molecule has 2 aliphatic rings. The summed E-state index contributed by atoms with van der Waals surface area (Å²) >= 11 is 0. The summed E-state index contributed by atoms with van der Waals surface area (Å²) in [5.74, 6) is -1.50. The van der Waals surface area contributed by atoms with Gasteiger partial charge in [0.05, 0.1) is 6.61 Å². The van der Waals surface area contributed by atoms with Gasteiger partial charge in [0.15, 0.2) is 0 Å². The summed E-state index contributed by atoms with van der Waals surface area (Å²) in [4.78, 5) is 71.2. The molecule has 0 atom stereocenters. The van der Waals surface area contributed by atoms with Gasteiger partial charge in [-0.1, -0.05) is 96.1 Å². The Bertz CT molecular complexity index is 2190. The molecule has 0 unspecified atom stereocenters. The number of unbranched alkanes of at least 4 members (excludes halogenated alkanes) is 8. The van der Waals surface area contributed by atoms with Gasteiger partial charge in [0.1, 0.15) is 0 Å². The Morgan fingerprint density at radius 2 is 1.00 bits per heavy atom. The van der Waals surface area contributed by atoms with Crippen molar-refractivity contribution < 1.29 is 28.7 Å². The minimum atomic E-state index is -0.422. The van der Waals surface area contributed by atoms with E-state index in [0.29, 0.717) is 57.9 Å². The SMILES string of the molecule is C=C(C)C(=O)OCCCCCN1C(=O)c2ccc3c4ccc5c6c(ccc(c7ccc(c2c37)C1=O)c64)C(=O)N(C(CCCCCC)CCCCCC)C5=O. The van der Waals surface area contributed by atoms with E-state index < -0.39 is 5.97 Å². The monoisotopic (exact) mass is 726 g/mol. The van der Waals surface area contributed by atoms with E-state index >= 15 is 0 Å². The third-order valence-electron chi connectivity index (χ3n) is 11.5. The molecule has 0 aliphatic carbocycles. The molecule has 2 heterocycles. The lowest BCUT2D eigenvalue weighted by atomic mass is 9.82. The van der Waals surface area contributed by atoms with Crippen molar-refractivity contribution in [3.8, 4) is 0 Å². The highest BCUT2D eigenvalue weighted by molar-refractivity contribution is 6.41. The molecule has 7 rings (SSSR count). The van der Waals surface area contributed by atoms with E-state index in [-0.39, 0.29) is 42.8 Å². The van der Waals surface area contributed by atoms with Crippen LogP contribution >= 0.6 is 0 Å². The lowest BCUT2D eigenvalue weighted by molar-refractivity contribution is -0.139. The van der Waals surface area contributed by atoms with Crippen molar-refractivity contribution in [3.63, 3.8) is 0 Å². The van der Waals surface area contributed by atoms with Crippen molar-refractivity contribution in [1.82, 2.24) is 9.80 Å². The lowest BCUT2D eigenvalue weighted by Crippen LogP contribution is -2.47. The molecule has 8 heteroatoms. The summed E-state index contributed by atoms with van der Waals surface area (Å²) in [6.45, 7) is 10.1. The van der Waals surface area contributed by atoms with E-state index in [9.17, 15) is 24.0 Å². The van der Waals surface area contributed by atoms with E-state index in [1.54, 1.807) is 11.8 Å². The molecule has 0 saturated carbocycles. The first kappa shape index (κ1) is 37.2. The van der Waals surface area contributed by atoms with Gasteiger partial charge in [-0.2, -0.15) is 0 Å². The number of benzene rings is 5. The molecule has 0 N–H and O–H groups in total. The van der Waals surface area contributed by atoms with Crippen LogP contribution in [0.3, 0.4) is 0 Å². The third-order valence-corrected chi connectivity index (χ3v) is 11.5. The van der Waals surface area contributed by atoms with Crippen LogP contribution in [0.25, 0.3) is 43.1 Å². The Labute approximate surface area is 316 Å². The maximum atomic E-state index is 14.4. The zero-order chi connectivity index (χ0) is 38.1. The standard InChI is InChI=1S/C46H50N2O6/c1-5-7-9-12-16-29(17-13-10-8-6-2)48-44(51)36-24-20-32-30-18-22-34-40-35(43(50)47(42(34)49)26-14-11-15-27-54-46(53)28(3)4)23-19-31(38(30)40)33-21-25-37(45(48)52)41(36)39(32)33/h18-25,29H,3,5-17,26-27H2,1-2,4H3. The van der Waals surface area contributed by atoms with Gasteiger partial charge in [-0.15, -0.1) is 0 Å². The highest BCUT2D eigenvalue weighted by Crippen LogP contribution is 2.46. The highest BCUT2D eigenvalue weighted by Gasteiger charge is 2.39. The molecule has 0 saturated heterocycles. The molecule has 0 aromatic heterocycles. The number of fused-ring (bicyclic) bond motifs is 2. The van der Waals surface area contributed by atoms with Gasteiger partial charge in [0.25, 0.3) is 23.6 Å². The minimum Gasteiger partial charge on any atom is -0.462 e. The number of amides is 4. The van der Waals surface area contributed by atoms with Gasteiger partial charge >= 0.3 is 5.97 Å². The highest BCUT2D eigenvalue weighted by atomic mass is 16.5. The molecular weight excluding hydrogens is 677 g/mol. The Morgan fingerprint density at radius 3 is 1.43 bits per heavy atom. The fourth-order valence-electron chi connectivity index (χ4n) is 8.72. The second-order valence-electron chi connectivity index (χ2n) is 15.2. The number of nitrogens with zero attached hydrogens (tertiary/aromatic N) is 2. The van der Waals surface area contributed by atoms with Crippen LogP contribution in [0.5, 0.6) is 0 Å². The first-order chi connectivity index (χ1) is 26.2. The first-order valence-corrected chi connectivity index (χ1v) is 20.0. The van der Waals surface area contributed by atoms with Crippen molar-refractivity contribution in [1.29, 1.82) is 0 Å². The van der Waals surface area contributed by atoms with Crippen LogP contribution in [-0.2, 0) is 9.53 Å². The van der Waals surface area contributed by atoms with Gasteiger partial charge in [-0.25, -0.2) is 4.79 Å². The molecule has 0 radical (unpaired) electrons. The first-order valence-electron chi connectivity index (χ1n) is 20.0. The summed E-state index contributed by atoms with van der Waals surface area (Å²) < 4.78 is 5.17. The van der Waals surface area contributed by atoms with E-state index in [0.717, 1.165) is 96.5 Å². The summed E-state index contributed by atoms with van der Waals surface area (Å²) in [5, 5.41) is 6.60. The van der Waals surface area contributed by atoms with Crippen LogP contribution in [-0.4, -0.2) is 58.6 Å². The summed E-state index contributed by atoms with van der Waals surface area (Å²) in [5.41, 5.74) is 2.44.